The van der Waals surface area contributed by atoms with E-state index < -0.39 is 0 Å². The van der Waals surface area contributed by atoms with Gasteiger partial charge in [0.05, 0.1) is 19.8 Å². The molecule has 7 heteroatoms. The molecule has 2 heterocycles. The lowest BCUT2D eigenvalue weighted by Gasteiger charge is -2.40. The van der Waals surface area contributed by atoms with Crippen molar-refractivity contribution in [3.05, 3.63) is 0 Å². The van der Waals surface area contributed by atoms with Crippen molar-refractivity contribution in [1.82, 2.24) is 20.4 Å². The molecule has 0 aliphatic carbocycles. The number of hydrogen-bond donors (Lipinski definition) is 2. The first-order chi connectivity index (χ1) is 12.4. The quantitative estimate of drug-likeness (QED) is 0.323. The number of likely N-dealkylation sites (tertiary alicyclic amines) is 1. The molecular weight excluding hydrogens is 453 g/mol. The van der Waals surface area contributed by atoms with Crippen molar-refractivity contribution in [3.8, 4) is 0 Å². The molecule has 0 aromatic rings. The summed E-state index contributed by atoms with van der Waals surface area (Å²) in [7, 11) is 0. The molecule has 2 saturated heterocycles. The van der Waals surface area contributed by atoms with E-state index in [0.717, 1.165) is 70.3 Å². The molecule has 2 aliphatic rings. The lowest BCUT2D eigenvalue weighted by atomic mass is 9.92. The molecule has 0 spiro atoms. The van der Waals surface area contributed by atoms with Crippen molar-refractivity contribution in [2.24, 2.45) is 16.8 Å². The van der Waals surface area contributed by atoms with Gasteiger partial charge in [0.25, 0.3) is 0 Å². The van der Waals surface area contributed by atoms with Crippen LogP contribution in [-0.4, -0.2) is 86.9 Å². The smallest absolute Gasteiger partial charge is 0.191 e. The number of piperidine rings is 1. The first-order valence-electron chi connectivity index (χ1n) is 10.5. The summed E-state index contributed by atoms with van der Waals surface area (Å²) >= 11 is 0. The van der Waals surface area contributed by atoms with Gasteiger partial charge in [0.15, 0.2) is 5.96 Å². The van der Waals surface area contributed by atoms with Crippen LogP contribution in [0.5, 0.6) is 0 Å². The second-order valence-corrected chi connectivity index (χ2v) is 8.74. The summed E-state index contributed by atoms with van der Waals surface area (Å²) in [6.07, 6.45) is 1.37. The summed E-state index contributed by atoms with van der Waals surface area (Å²) in [5, 5.41) is 6.92. The third-order valence-corrected chi connectivity index (χ3v) is 5.50. The first kappa shape index (κ1) is 24.9. The van der Waals surface area contributed by atoms with E-state index in [0.29, 0.717) is 0 Å². The lowest BCUT2D eigenvalue weighted by molar-refractivity contribution is -0.00683. The third-order valence-electron chi connectivity index (χ3n) is 5.50. The highest BCUT2D eigenvalue weighted by molar-refractivity contribution is 14.0. The fourth-order valence-electron chi connectivity index (χ4n) is 4.19. The molecule has 2 aliphatic heterocycles. The van der Waals surface area contributed by atoms with Crippen LogP contribution in [0.1, 0.15) is 41.0 Å². The highest BCUT2D eigenvalue weighted by atomic mass is 127. The van der Waals surface area contributed by atoms with Gasteiger partial charge in [-0.25, -0.2) is 0 Å². The van der Waals surface area contributed by atoms with Gasteiger partial charge >= 0.3 is 0 Å². The molecule has 0 radical (unpaired) electrons. The molecule has 6 nitrogen and oxygen atoms in total. The molecule has 2 rings (SSSR count). The molecule has 0 aromatic heterocycles. The van der Waals surface area contributed by atoms with Crippen LogP contribution in [0, 0.1) is 11.8 Å². The van der Waals surface area contributed by atoms with Crippen molar-refractivity contribution in [1.29, 1.82) is 0 Å². The van der Waals surface area contributed by atoms with Crippen molar-refractivity contribution in [2.75, 3.05) is 65.6 Å². The largest absolute Gasteiger partial charge is 0.379 e. The summed E-state index contributed by atoms with van der Waals surface area (Å²) in [6.45, 7) is 21.3. The Balaban J connectivity index is 0.00000364. The minimum Gasteiger partial charge on any atom is -0.379 e. The lowest BCUT2D eigenvalue weighted by Crippen LogP contribution is -2.52. The van der Waals surface area contributed by atoms with Crippen molar-refractivity contribution in [3.63, 3.8) is 0 Å². The van der Waals surface area contributed by atoms with E-state index in [-0.39, 0.29) is 29.5 Å². The molecular formula is C20H42IN5O. The average molecular weight is 495 g/mol. The van der Waals surface area contributed by atoms with Gasteiger partial charge in [-0.15, -0.1) is 24.0 Å². The Hall–Kier alpha value is -0.120. The summed E-state index contributed by atoms with van der Waals surface area (Å²) < 4.78 is 5.48. The minimum absolute atomic E-state index is 0. The number of ether oxygens (including phenoxy) is 1. The maximum Gasteiger partial charge on any atom is 0.191 e. The van der Waals surface area contributed by atoms with Gasteiger partial charge in [-0.2, -0.15) is 0 Å². The summed E-state index contributed by atoms with van der Waals surface area (Å²) in [5.41, 5.74) is 0.0594. The van der Waals surface area contributed by atoms with Crippen LogP contribution in [0.3, 0.4) is 0 Å². The van der Waals surface area contributed by atoms with Gasteiger partial charge in [0.1, 0.15) is 0 Å². The molecule has 2 fully saturated rings. The van der Waals surface area contributed by atoms with Gasteiger partial charge in [0.2, 0.25) is 0 Å². The highest BCUT2D eigenvalue weighted by Crippen LogP contribution is 2.20. The second-order valence-electron chi connectivity index (χ2n) is 8.74. The number of nitrogens with one attached hydrogen (secondary N) is 2. The number of nitrogens with zero attached hydrogens (tertiary/aromatic N) is 3. The van der Waals surface area contributed by atoms with Crippen LogP contribution >= 0.6 is 24.0 Å². The molecule has 0 amide bonds. The normalized spacial score (nSPS) is 25.7. The number of hydrogen-bond acceptors (Lipinski definition) is 4. The standard InChI is InChI=1S/C20H41N5O.HI/c1-6-21-19(22-7-8-24-14-17(2)13-18(3)15-24)23-16-20(4,5)25-9-11-26-12-10-25;/h17-18H,6-16H2,1-5H3,(H2,21,22,23);1H. The second kappa shape index (κ2) is 12.4. The molecule has 0 aromatic carbocycles. The summed E-state index contributed by atoms with van der Waals surface area (Å²) in [4.78, 5) is 9.94. The number of morpholine rings is 1. The maximum atomic E-state index is 5.48. The Morgan fingerprint density at radius 3 is 2.33 bits per heavy atom. The number of aliphatic imine (C=N–C) groups is 1. The van der Waals surface area contributed by atoms with Crippen molar-refractivity contribution in [2.45, 2.75) is 46.6 Å². The van der Waals surface area contributed by atoms with Crippen molar-refractivity contribution < 1.29 is 4.74 Å². The van der Waals surface area contributed by atoms with E-state index in [9.17, 15) is 0 Å². The number of guanidine groups is 1. The molecule has 2 unspecified atom stereocenters. The van der Waals surface area contributed by atoms with Crippen LogP contribution in [0.25, 0.3) is 0 Å². The van der Waals surface area contributed by atoms with Crippen LogP contribution in [-0.2, 0) is 4.74 Å². The highest BCUT2D eigenvalue weighted by Gasteiger charge is 2.28. The monoisotopic (exact) mass is 495 g/mol. The Kier molecular flexibility index (Phi) is 11.5. The van der Waals surface area contributed by atoms with Gasteiger partial charge in [-0.1, -0.05) is 13.8 Å². The third kappa shape index (κ3) is 8.83. The predicted molar refractivity (Wildman–Crippen MR) is 125 cm³/mol. The Morgan fingerprint density at radius 2 is 1.74 bits per heavy atom. The van der Waals surface area contributed by atoms with Gasteiger partial charge < -0.3 is 20.3 Å². The minimum atomic E-state index is 0. The van der Waals surface area contributed by atoms with Gasteiger partial charge in [0, 0.05) is 51.4 Å². The SMILES string of the molecule is CCNC(=NCC(C)(C)N1CCOCC1)NCCN1CC(C)CC(C)C1.I. The van der Waals surface area contributed by atoms with Crippen LogP contribution in [0.2, 0.25) is 0 Å². The molecule has 2 N–H and O–H groups in total. The molecule has 0 saturated carbocycles. The zero-order chi connectivity index (χ0) is 19.0. The van der Waals surface area contributed by atoms with Crippen LogP contribution in [0.4, 0.5) is 0 Å². The van der Waals surface area contributed by atoms with E-state index in [2.05, 4.69) is 55.1 Å². The number of rotatable bonds is 7. The Morgan fingerprint density at radius 1 is 1.11 bits per heavy atom. The van der Waals surface area contributed by atoms with E-state index >= 15 is 0 Å². The fraction of sp³-hybridized carbons (Fsp3) is 0.950. The molecule has 27 heavy (non-hydrogen) atoms. The molecule has 160 valence electrons. The Bertz CT molecular complexity index is 430. The van der Waals surface area contributed by atoms with Crippen molar-refractivity contribution >= 4 is 29.9 Å². The van der Waals surface area contributed by atoms with E-state index in [1.54, 1.807) is 0 Å². The van der Waals surface area contributed by atoms with Crippen LogP contribution in [0.15, 0.2) is 4.99 Å². The Labute approximate surface area is 183 Å². The summed E-state index contributed by atoms with van der Waals surface area (Å²) in [6, 6.07) is 0. The van der Waals surface area contributed by atoms with E-state index in [1.165, 1.54) is 19.5 Å². The van der Waals surface area contributed by atoms with E-state index in [1.807, 2.05) is 0 Å². The fourth-order valence-corrected chi connectivity index (χ4v) is 4.19. The van der Waals surface area contributed by atoms with Gasteiger partial charge in [-0.05, 0) is 39.0 Å². The van der Waals surface area contributed by atoms with Gasteiger partial charge in [-0.3, -0.25) is 9.89 Å². The molecule has 2 atom stereocenters. The zero-order valence-electron chi connectivity index (χ0n) is 18.1. The average Bonchev–Trinajstić information content (AvgIpc) is 2.60. The predicted octanol–water partition coefficient (Wildman–Crippen LogP) is 2.25. The van der Waals surface area contributed by atoms with Crippen LogP contribution < -0.4 is 10.6 Å². The number of halogens is 1. The topological polar surface area (TPSA) is 52.1 Å². The molecule has 0 bridgehead atoms. The zero-order valence-corrected chi connectivity index (χ0v) is 20.4. The maximum absolute atomic E-state index is 5.48. The first-order valence-corrected chi connectivity index (χ1v) is 10.5. The van der Waals surface area contributed by atoms with E-state index in [4.69, 9.17) is 9.73 Å². The summed E-state index contributed by atoms with van der Waals surface area (Å²) in [5.74, 6) is 2.57.